The zero-order chi connectivity index (χ0) is 15.1. The van der Waals surface area contributed by atoms with Crippen LogP contribution in [0, 0.1) is 0 Å². The molecule has 1 heterocycles. The number of carbonyl (C=O) groups is 1. The van der Waals surface area contributed by atoms with E-state index in [9.17, 15) is 4.79 Å². The highest BCUT2D eigenvalue weighted by molar-refractivity contribution is 6.30. The van der Waals surface area contributed by atoms with Crippen molar-refractivity contribution in [2.75, 3.05) is 25.6 Å². The lowest BCUT2D eigenvalue weighted by Crippen LogP contribution is -2.27. The Bertz CT molecular complexity index is 602. The Morgan fingerprint density at radius 3 is 2.71 bits per heavy atom. The molecule has 1 amide bonds. The number of aromatic nitrogens is 1. The van der Waals surface area contributed by atoms with Gasteiger partial charge in [-0.3, -0.25) is 9.78 Å². The van der Waals surface area contributed by atoms with Crippen molar-refractivity contribution in [3.05, 3.63) is 53.3 Å². The van der Waals surface area contributed by atoms with E-state index in [0.717, 1.165) is 11.4 Å². The minimum absolute atomic E-state index is 0.181. The molecule has 0 aliphatic rings. The summed E-state index contributed by atoms with van der Waals surface area (Å²) in [5.41, 5.74) is 2.10. The lowest BCUT2D eigenvalue weighted by Gasteiger charge is -2.08. The van der Waals surface area contributed by atoms with Gasteiger partial charge >= 0.3 is 0 Å². The van der Waals surface area contributed by atoms with Crippen LogP contribution in [0.25, 0.3) is 0 Å². The van der Waals surface area contributed by atoms with E-state index in [2.05, 4.69) is 15.6 Å². The van der Waals surface area contributed by atoms with Crippen LogP contribution in [0.3, 0.4) is 0 Å². The number of carbonyl (C=O) groups excluding carboxylic acids is 1. The number of benzene rings is 1. The SMILES string of the molecule is COCCNC(=O)c1cncc(Nc2ccc(Cl)cc2)c1. The molecule has 2 aromatic rings. The molecule has 6 heteroatoms. The third kappa shape index (κ3) is 4.73. The Balaban J connectivity index is 2.03. The van der Waals surface area contributed by atoms with Gasteiger partial charge in [0.2, 0.25) is 0 Å². The molecule has 1 aromatic heterocycles. The fourth-order valence-electron chi connectivity index (χ4n) is 1.70. The van der Waals surface area contributed by atoms with Gasteiger partial charge in [-0.25, -0.2) is 0 Å². The van der Waals surface area contributed by atoms with E-state index in [1.807, 2.05) is 12.1 Å². The summed E-state index contributed by atoms with van der Waals surface area (Å²) >= 11 is 5.84. The number of ether oxygens (including phenoxy) is 1. The topological polar surface area (TPSA) is 63.2 Å². The summed E-state index contributed by atoms with van der Waals surface area (Å²) in [5, 5.41) is 6.59. The van der Waals surface area contributed by atoms with Gasteiger partial charge in [0.15, 0.2) is 0 Å². The minimum Gasteiger partial charge on any atom is -0.383 e. The smallest absolute Gasteiger partial charge is 0.253 e. The molecule has 0 spiro atoms. The summed E-state index contributed by atoms with van der Waals surface area (Å²) in [6, 6.07) is 9.03. The molecule has 0 fully saturated rings. The second-order valence-corrected chi connectivity index (χ2v) is 4.78. The Morgan fingerprint density at radius 2 is 2.00 bits per heavy atom. The molecule has 0 aliphatic carbocycles. The third-order valence-corrected chi connectivity index (χ3v) is 2.98. The highest BCUT2D eigenvalue weighted by Gasteiger charge is 2.06. The molecule has 1 aromatic carbocycles. The van der Waals surface area contributed by atoms with Crippen molar-refractivity contribution in [2.45, 2.75) is 0 Å². The van der Waals surface area contributed by atoms with E-state index in [1.54, 1.807) is 31.5 Å². The zero-order valence-electron chi connectivity index (χ0n) is 11.6. The fraction of sp³-hybridized carbons (Fsp3) is 0.200. The largest absolute Gasteiger partial charge is 0.383 e. The zero-order valence-corrected chi connectivity index (χ0v) is 12.4. The summed E-state index contributed by atoms with van der Waals surface area (Å²) in [4.78, 5) is 16.0. The molecule has 0 radical (unpaired) electrons. The van der Waals surface area contributed by atoms with E-state index in [-0.39, 0.29) is 5.91 Å². The van der Waals surface area contributed by atoms with E-state index < -0.39 is 0 Å². The van der Waals surface area contributed by atoms with Crippen molar-refractivity contribution in [3.8, 4) is 0 Å². The first kappa shape index (κ1) is 15.3. The van der Waals surface area contributed by atoms with Gasteiger partial charge in [0.1, 0.15) is 0 Å². The standard InChI is InChI=1S/C15H16ClN3O2/c1-21-7-6-18-15(20)11-8-14(10-17-9-11)19-13-4-2-12(16)3-5-13/h2-5,8-10,19H,6-7H2,1H3,(H,18,20). The predicted octanol–water partition coefficient (Wildman–Crippen LogP) is 2.85. The number of hydrogen-bond donors (Lipinski definition) is 2. The number of amides is 1. The van der Waals surface area contributed by atoms with Crippen molar-refractivity contribution >= 4 is 28.9 Å². The highest BCUT2D eigenvalue weighted by atomic mass is 35.5. The first-order valence-electron chi connectivity index (χ1n) is 6.44. The van der Waals surface area contributed by atoms with Crippen LogP contribution >= 0.6 is 11.6 Å². The minimum atomic E-state index is -0.181. The Hall–Kier alpha value is -2.11. The summed E-state index contributed by atoms with van der Waals surface area (Å²) in [7, 11) is 1.59. The van der Waals surface area contributed by atoms with Gasteiger partial charge in [0.05, 0.1) is 24.1 Å². The van der Waals surface area contributed by atoms with Crippen LogP contribution < -0.4 is 10.6 Å². The molecular weight excluding hydrogens is 290 g/mol. The number of nitrogens with one attached hydrogen (secondary N) is 2. The van der Waals surface area contributed by atoms with E-state index in [0.29, 0.717) is 23.7 Å². The molecular formula is C15H16ClN3O2. The fourth-order valence-corrected chi connectivity index (χ4v) is 1.83. The van der Waals surface area contributed by atoms with Crippen molar-refractivity contribution in [1.29, 1.82) is 0 Å². The Labute approximate surface area is 128 Å². The number of pyridine rings is 1. The van der Waals surface area contributed by atoms with Crippen LogP contribution in [0.1, 0.15) is 10.4 Å². The molecule has 110 valence electrons. The van der Waals surface area contributed by atoms with Crippen LogP contribution in [0.2, 0.25) is 5.02 Å². The maximum Gasteiger partial charge on any atom is 0.253 e. The normalized spacial score (nSPS) is 10.2. The molecule has 0 aliphatic heterocycles. The van der Waals surface area contributed by atoms with Crippen LogP contribution in [-0.2, 0) is 4.74 Å². The summed E-state index contributed by atoms with van der Waals surface area (Å²) < 4.78 is 4.89. The van der Waals surface area contributed by atoms with Gasteiger partial charge in [-0.05, 0) is 30.3 Å². The van der Waals surface area contributed by atoms with Gasteiger partial charge in [-0.2, -0.15) is 0 Å². The van der Waals surface area contributed by atoms with E-state index in [4.69, 9.17) is 16.3 Å². The predicted molar refractivity (Wildman–Crippen MR) is 83.2 cm³/mol. The molecule has 2 N–H and O–H groups in total. The quantitative estimate of drug-likeness (QED) is 0.806. The van der Waals surface area contributed by atoms with Gasteiger partial charge in [-0.1, -0.05) is 11.6 Å². The second-order valence-electron chi connectivity index (χ2n) is 4.34. The Morgan fingerprint density at radius 1 is 1.24 bits per heavy atom. The number of methoxy groups -OCH3 is 1. The number of rotatable bonds is 6. The molecule has 0 bridgehead atoms. The molecule has 0 unspecified atom stereocenters. The third-order valence-electron chi connectivity index (χ3n) is 2.73. The van der Waals surface area contributed by atoms with Crippen LogP contribution in [-0.4, -0.2) is 31.2 Å². The van der Waals surface area contributed by atoms with Crippen LogP contribution in [0.5, 0.6) is 0 Å². The summed E-state index contributed by atoms with van der Waals surface area (Å²) in [6.45, 7) is 0.937. The van der Waals surface area contributed by atoms with E-state index >= 15 is 0 Å². The summed E-state index contributed by atoms with van der Waals surface area (Å²) in [6.07, 6.45) is 3.18. The van der Waals surface area contributed by atoms with Crippen LogP contribution in [0.15, 0.2) is 42.7 Å². The average molecular weight is 306 g/mol. The molecule has 2 rings (SSSR count). The molecule has 0 saturated carbocycles. The number of nitrogens with zero attached hydrogens (tertiary/aromatic N) is 1. The average Bonchev–Trinajstić information content (AvgIpc) is 2.50. The van der Waals surface area contributed by atoms with Gasteiger partial charge in [-0.15, -0.1) is 0 Å². The van der Waals surface area contributed by atoms with E-state index in [1.165, 1.54) is 6.20 Å². The first-order chi connectivity index (χ1) is 10.2. The lowest BCUT2D eigenvalue weighted by atomic mass is 10.2. The van der Waals surface area contributed by atoms with Crippen molar-refractivity contribution in [1.82, 2.24) is 10.3 Å². The van der Waals surface area contributed by atoms with Crippen molar-refractivity contribution in [2.24, 2.45) is 0 Å². The maximum absolute atomic E-state index is 11.9. The molecule has 0 saturated heterocycles. The molecule has 5 nitrogen and oxygen atoms in total. The van der Waals surface area contributed by atoms with Gasteiger partial charge < -0.3 is 15.4 Å². The van der Waals surface area contributed by atoms with Crippen molar-refractivity contribution in [3.63, 3.8) is 0 Å². The number of halogens is 1. The van der Waals surface area contributed by atoms with Crippen molar-refractivity contribution < 1.29 is 9.53 Å². The monoisotopic (exact) mass is 305 g/mol. The second kappa shape index (κ2) is 7.61. The van der Waals surface area contributed by atoms with Gasteiger partial charge in [0, 0.05) is 30.6 Å². The molecule has 21 heavy (non-hydrogen) atoms. The number of anilines is 2. The van der Waals surface area contributed by atoms with Crippen LogP contribution in [0.4, 0.5) is 11.4 Å². The number of hydrogen-bond acceptors (Lipinski definition) is 4. The maximum atomic E-state index is 11.9. The first-order valence-corrected chi connectivity index (χ1v) is 6.81. The summed E-state index contributed by atoms with van der Waals surface area (Å²) in [5.74, 6) is -0.181. The highest BCUT2D eigenvalue weighted by Crippen LogP contribution is 2.19. The Kier molecular flexibility index (Phi) is 5.54. The van der Waals surface area contributed by atoms with Gasteiger partial charge in [0.25, 0.3) is 5.91 Å². The molecule has 0 atom stereocenters. The lowest BCUT2D eigenvalue weighted by molar-refractivity contribution is 0.0937.